The highest BCUT2D eigenvalue weighted by atomic mass is 32.2. The van der Waals surface area contributed by atoms with Crippen LogP contribution in [-0.4, -0.2) is 23.6 Å². The van der Waals surface area contributed by atoms with Gasteiger partial charge in [-0.05, 0) is 50.2 Å². The molecule has 1 nitrogen and oxygen atoms in total. The molecule has 3 rings (SSSR count). The number of hydrogen-bond acceptors (Lipinski definition) is 2. The van der Waals surface area contributed by atoms with Gasteiger partial charge in [0.1, 0.15) is 0 Å². The lowest BCUT2D eigenvalue weighted by atomic mass is 9.90. The molecule has 3 saturated carbocycles. The lowest BCUT2D eigenvalue weighted by Gasteiger charge is -2.34. The molecule has 4 atom stereocenters. The van der Waals surface area contributed by atoms with Gasteiger partial charge in [-0.2, -0.15) is 11.8 Å². The smallest absolute Gasteiger partial charge is 0.0111 e. The Kier molecular flexibility index (Phi) is 3.49. The van der Waals surface area contributed by atoms with Crippen LogP contribution in [0.1, 0.15) is 51.4 Å². The second-order valence-electron chi connectivity index (χ2n) is 6.12. The Balaban J connectivity index is 1.55. The van der Waals surface area contributed by atoms with Crippen molar-refractivity contribution in [1.82, 2.24) is 5.32 Å². The summed E-state index contributed by atoms with van der Waals surface area (Å²) in [7, 11) is 0. The van der Waals surface area contributed by atoms with Gasteiger partial charge in [0.15, 0.2) is 0 Å². The minimum atomic E-state index is 0.862. The predicted octanol–water partition coefficient (Wildman–Crippen LogP) is 3.44. The maximum atomic E-state index is 4.00. The van der Waals surface area contributed by atoms with Crippen LogP contribution < -0.4 is 5.32 Å². The molecule has 92 valence electrons. The zero-order valence-electron chi connectivity index (χ0n) is 10.5. The van der Waals surface area contributed by atoms with Crippen molar-refractivity contribution in [2.45, 2.75) is 68.7 Å². The van der Waals surface area contributed by atoms with Crippen molar-refractivity contribution in [3.05, 3.63) is 0 Å². The lowest BCUT2D eigenvalue weighted by molar-refractivity contribution is 0.282. The third-order valence-electron chi connectivity index (χ3n) is 5.11. The molecule has 0 saturated heterocycles. The van der Waals surface area contributed by atoms with Crippen molar-refractivity contribution < 1.29 is 0 Å². The second-order valence-corrected chi connectivity index (χ2v) is 7.20. The van der Waals surface area contributed by atoms with Gasteiger partial charge >= 0.3 is 0 Å². The molecular weight excluding hydrogens is 214 g/mol. The quantitative estimate of drug-likeness (QED) is 0.809. The summed E-state index contributed by atoms with van der Waals surface area (Å²) < 4.78 is 0. The van der Waals surface area contributed by atoms with Gasteiger partial charge in [0.2, 0.25) is 0 Å². The van der Waals surface area contributed by atoms with Gasteiger partial charge in [-0.3, -0.25) is 0 Å². The van der Waals surface area contributed by atoms with E-state index in [0.717, 1.165) is 29.2 Å². The van der Waals surface area contributed by atoms with E-state index in [2.05, 4.69) is 23.3 Å². The molecule has 0 heterocycles. The Morgan fingerprint density at radius 1 is 1.00 bits per heavy atom. The van der Waals surface area contributed by atoms with E-state index in [0.29, 0.717) is 0 Å². The van der Waals surface area contributed by atoms with Crippen LogP contribution in [0, 0.1) is 11.8 Å². The van der Waals surface area contributed by atoms with Gasteiger partial charge in [-0.1, -0.05) is 19.3 Å². The summed E-state index contributed by atoms with van der Waals surface area (Å²) in [6.45, 7) is 0. The summed E-state index contributed by atoms with van der Waals surface area (Å²) in [6, 6.07) is 1.74. The average Bonchev–Trinajstić information content (AvgIpc) is 2.89. The Morgan fingerprint density at radius 3 is 2.50 bits per heavy atom. The molecule has 0 aromatic rings. The first kappa shape index (κ1) is 11.4. The minimum absolute atomic E-state index is 0.862. The Hall–Kier alpha value is 0.310. The van der Waals surface area contributed by atoms with Crippen LogP contribution in [-0.2, 0) is 0 Å². The molecule has 3 fully saturated rings. The molecule has 3 aliphatic rings. The molecule has 0 unspecified atom stereocenters. The van der Waals surface area contributed by atoms with E-state index >= 15 is 0 Å². The molecule has 0 spiro atoms. The topological polar surface area (TPSA) is 12.0 Å². The number of rotatable bonds is 3. The highest BCUT2D eigenvalue weighted by molar-refractivity contribution is 7.99. The zero-order valence-corrected chi connectivity index (χ0v) is 11.3. The van der Waals surface area contributed by atoms with Gasteiger partial charge in [-0.25, -0.2) is 0 Å². The van der Waals surface area contributed by atoms with Gasteiger partial charge < -0.3 is 5.32 Å². The summed E-state index contributed by atoms with van der Waals surface area (Å²) >= 11 is 2.12. The van der Waals surface area contributed by atoms with Gasteiger partial charge in [-0.15, -0.1) is 0 Å². The first-order valence-electron chi connectivity index (χ1n) is 7.15. The van der Waals surface area contributed by atoms with Crippen molar-refractivity contribution in [1.29, 1.82) is 0 Å². The molecule has 0 radical (unpaired) electrons. The molecule has 3 aliphatic carbocycles. The average molecular weight is 239 g/mol. The minimum Gasteiger partial charge on any atom is -0.311 e. The SMILES string of the molecule is CS[C@@H]1C[C@H]2C[C@@H]1[C@@H](NC1CCCCC1)C2. The molecule has 0 amide bonds. The number of hydrogen-bond donors (Lipinski definition) is 1. The molecule has 0 aromatic carbocycles. The second kappa shape index (κ2) is 4.89. The van der Waals surface area contributed by atoms with Crippen molar-refractivity contribution >= 4 is 11.8 Å². The predicted molar refractivity (Wildman–Crippen MR) is 71.9 cm³/mol. The van der Waals surface area contributed by atoms with E-state index < -0.39 is 0 Å². The molecule has 0 aliphatic heterocycles. The Labute approximate surface area is 104 Å². The fraction of sp³-hybridized carbons (Fsp3) is 1.00. The van der Waals surface area contributed by atoms with E-state index in [1.807, 2.05) is 0 Å². The van der Waals surface area contributed by atoms with Gasteiger partial charge in [0, 0.05) is 17.3 Å². The molecule has 2 bridgehead atoms. The largest absolute Gasteiger partial charge is 0.311 e. The zero-order chi connectivity index (χ0) is 11.0. The normalized spacial score (nSPS) is 44.1. The number of nitrogens with one attached hydrogen (secondary N) is 1. The Morgan fingerprint density at radius 2 is 1.81 bits per heavy atom. The molecule has 0 aromatic heterocycles. The number of thioether (sulfide) groups is 1. The van der Waals surface area contributed by atoms with Gasteiger partial charge in [0.05, 0.1) is 0 Å². The van der Waals surface area contributed by atoms with Crippen molar-refractivity contribution in [3.8, 4) is 0 Å². The van der Waals surface area contributed by atoms with Crippen LogP contribution in [0.25, 0.3) is 0 Å². The maximum Gasteiger partial charge on any atom is 0.0111 e. The summed E-state index contributed by atoms with van der Waals surface area (Å²) in [6.07, 6.45) is 14.1. The van der Waals surface area contributed by atoms with Crippen LogP contribution in [0.3, 0.4) is 0 Å². The summed E-state index contributed by atoms with van der Waals surface area (Å²) in [5.74, 6) is 2.06. The first-order chi connectivity index (χ1) is 7.86. The third kappa shape index (κ3) is 2.15. The first-order valence-corrected chi connectivity index (χ1v) is 8.44. The molecule has 1 N–H and O–H groups in total. The highest BCUT2D eigenvalue weighted by Gasteiger charge is 2.46. The van der Waals surface area contributed by atoms with Crippen molar-refractivity contribution in [2.24, 2.45) is 11.8 Å². The van der Waals surface area contributed by atoms with Crippen LogP contribution in [0.2, 0.25) is 0 Å². The van der Waals surface area contributed by atoms with Gasteiger partial charge in [0.25, 0.3) is 0 Å². The highest BCUT2D eigenvalue weighted by Crippen LogP contribution is 2.49. The summed E-state index contributed by atoms with van der Waals surface area (Å²) in [5.41, 5.74) is 0. The van der Waals surface area contributed by atoms with E-state index in [1.165, 1.54) is 51.4 Å². The Bertz CT molecular complexity index is 237. The lowest BCUT2D eigenvalue weighted by Crippen LogP contribution is -2.45. The van der Waals surface area contributed by atoms with Crippen LogP contribution in [0.4, 0.5) is 0 Å². The monoisotopic (exact) mass is 239 g/mol. The third-order valence-corrected chi connectivity index (χ3v) is 6.26. The fourth-order valence-electron chi connectivity index (χ4n) is 4.32. The molecule has 16 heavy (non-hydrogen) atoms. The van der Waals surface area contributed by atoms with E-state index in [-0.39, 0.29) is 0 Å². The fourth-order valence-corrected chi connectivity index (χ4v) is 5.44. The van der Waals surface area contributed by atoms with E-state index in [9.17, 15) is 0 Å². The van der Waals surface area contributed by atoms with E-state index in [1.54, 1.807) is 0 Å². The summed E-state index contributed by atoms with van der Waals surface area (Å²) in [5, 5.41) is 4.97. The van der Waals surface area contributed by atoms with Crippen LogP contribution in [0.5, 0.6) is 0 Å². The summed E-state index contributed by atoms with van der Waals surface area (Å²) in [4.78, 5) is 0. The van der Waals surface area contributed by atoms with E-state index in [4.69, 9.17) is 0 Å². The molecule has 2 heteroatoms. The molecular formula is C14H25NS. The maximum absolute atomic E-state index is 4.00. The van der Waals surface area contributed by atoms with Crippen molar-refractivity contribution in [2.75, 3.05) is 6.26 Å². The van der Waals surface area contributed by atoms with Crippen LogP contribution in [0.15, 0.2) is 0 Å². The number of fused-ring (bicyclic) bond motifs is 2. The van der Waals surface area contributed by atoms with Crippen molar-refractivity contribution in [3.63, 3.8) is 0 Å². The standard InChI is InChI=1S/C14H25NS/c1-16-14-9-10-7-12(14)13(8-10)15-11-5-3-2-4-6-11/h10-15H,2-9H2,1H3/t10-,12+,13-,14+/m0/s1. The van der Waals surface area contributed by atoms with Crippen LogP contribution >= 0.6 is 11.8 Å².